The third kappa shape index (κ3) is 7.35. The Morgan fingerprint density at radius 2 is 1.88 bits per heavy atom. The Kier molecular flexibility index (Phi) is 9.12. The van der Waals surface area contributed by atoms with Crippen molar-refractivity contribution in [3.8, 4) is 0 Å². The molecule has 0 spiro atoms. The summed E-state index contributed by atoms with van der Waals surface area (Å²) in [5, 5.41) is 10.8. The maximum Gasteiger partial charge on any atom is 0.191 e. The fourth-order valence-electron chi connectivity index (χ4n) is 2.61. The molecule has 5 nitrogen and oxygen atoms in total. The summed E-state index contributed by atoms with van der Waals surface area (Å²) in [4.78, 5) is 4.29. The Labute approximate surface area is 174 Å². The highest BCUT2D eigenvalue weighted by molar-refractivity contribution is 14.0. The number of nitrogens with zero attached hydrogens (tertiary/aromatic N) is 2. The summed E-state index contributed by atoms with van der Waals surface area (Å²) in [7, 11) is 1.78. The molecule has 0 bridgehead atoms. The standard InChI is InChI=1S/C20H30N4O.HI/c1-15(2)18-11-17(25-24-18)13-22-19(21-5)23-14-20(3,4)12-16-9-7-6-8-10-16;/h6-11,15H,12-14H2,1-5H3,(H2,21,22,23);1H. The van der Waals surface area contributed by atoms with Crippen molar-refractivity contribution in [3.05, 3.63) is 53.4 Å². The van der Waals surface area contributed by atoms with Crippen LogP contribution >= 0.6 is 24.0 Å². The van der Waals surface area contributed by atoms with Gasteiger partial charge in [-0.2, -0.15) is 0 Å². The van der Waals surface area contributed by atoms with E-state index in [-0.39, 0.29) is 29.4 Å². The van der Waals surface area contributed by atoms with Crippen molar-refractivity contribution in [3.63, 3.8) is 0 Å². The van der Waals surface area contributed by atoms with E-state index in [1.54, 1.807) is 7.05 Å². The zero-order chi connectivity index (χ0) is 18.3. The van der Waals surface area contributed by atoms with E-state index < -0.39 is 0 Å². The molecule has 0 amide bonds. The van der Waals surface area contributed by atoms with Crippen LogP contribution in [0, 0.1) is 5.41 Å². The van der Waals surface area contributed by atoms with Gasteiger partial charge in [-0.3, -0.25) is 4.99 Å². The molecule has 26 heavy (non-hydrogen) atoms. The van der Waals surface area contributed by atoms with Crippen molar-refractivity contribution < 1.29 is 4.52 Å². The molecule has 0 aliphatic carbocycles. The second-order valence-corrected chi connectivity index (χ2v) is 7.48. The van der Waals surface area contributed by atoms with Crippen LogP contribution in [0.3, 0.4) is 0 Å². The maximum atomic E-state index is 5.35. The predicted octanol–water partition coefficient (Wildman–Crippen LogP) is 4.35. The number of guanidine groups is 1. The first-order valence-corrected chi connectivity index (χ1v) is 8.83. The van der Waals surface area contributed by atoms with Crippen LogP contribution in [0.2, 0.25) is 0 Å². The highest BCUT2D eigenvalue weighted by atomic mass is 127. The number of aliphatic imine (C=N–C) groups is 1. The largest absolute Gasteiger partial charge is 0.359 e. The minimum Gasteiger partial charge on any atom is -0.359 e. The normalized spacial score (nSPS) is 12.0. The van der Waals surface area contributed by atoms with Gasteiger partial charge in [0.1, 0.15) is 0 Å². The van der Waals surface area contributed by atoms with Gasteiger partial charge in [-0.05, 0) is 23.3 Å². The summed E-state index contributed by atoms with van der Waals surface area (Å²) in [6.07, 6.45) is 1.01. The first kappa shape index (κ1) is 22.5. The average Bonchev–Trinajstić information content (AvgIpc) is 3.05. The SMILES string of the molecule is CN=C(NCc1cc(C(C)C)no1)NCC(C)(C)Cc1ccccc1.I. The molecular weight excluding hydrogens is 439 g/mol. The maximum absolute atomic E-state index is 5.35. The number of hydrogen-bond acceptors (Lipinski definition) is 3. The van der Waals surface area contributed by atoms with E-state index in [4.69, 9.17) is 4.52 Å². The van der Waals surface area contributed by atoms with E-state index in [0.29, 0.717) is 12.5 Å². The van der Waals surface area contributed by atoms with Crippen molar-refractivity contribution in [1.29, 1.82) is 0 Å². The van der Waals surface area contributed by atoms with Crippen LogP contribution in [-0.2, 0) is 13.0 Å². The van der Waals surface area contributed by atoms with Crippen molar-refractivity contribution >= 4 is 29.9 Å². The molecule has 0 aliphatic heterocycles. The van der Waals surface area contributed by atoms with E-state index >= 15 is 0 Å². The Morgan fingerprint density at radius 3 is 2.46 bits per heavy atom. The van der Waals surface area contributed by atoms with Gasteiger partial charge in [0.05, 0.1) is 12.2 Å². The lowest BCUT2D eigenvalue weighted by atomic mass is 9.86. The first-order valence-electron chi connectivity index (χ1n) is 8.83. The number of halogens is 1. The minimum atomic E-state index is 0. The molecule has 0 saturated carbocycles. The fourth-order valence-corrected chi connectivity index (χ4v) is 2.61. The monoisotopic (exact) mass is 470 g/mol. The second-order valence-electron chi connectivity index (χ2n) is 7.48. The number of aromatic nitrogens is 1. The Morgan fingerprint density at radius 1 is 1.19 bits per heavy atom. The lowest BCUT2D eigenvalue weighted by molar-refractivity contribution is 0.356. The van der Waals surface area contributed by atoms with Crippen molar-refractivity contribution in [2.45, 2.75) is 46.6 Å². The molecule has 0 saturated heterocycles. The van der Waals surface area contributed by atoms with Crippen LogP contribution < -0.4 is 10.6 Å². The van der Waals surface area contributed by atoms with Gasteiger partial charge in [-0.25, -0.2) is 0 Å². The summed E-state index contributed by atoms with van der Waals surface area (Å²) >= 11 is 0. The molecule has 2 aromatic rings. The molecule has 144 valence electrons. The molecule has 1 heterocycles. The summed E-state index contributed by atoms with van der Waals surface area (Å²) in [6.45, 7) is 10.1. The Balaban J connectivity index is 0.00000338. The quantitative estimate of drug-likeness (QED) is 0.359. The molecule has 1 aromatic carbocycles. The highest BCUT2D eigenvalue weighted by Gasteiger charge is 2.19. The third-order valence-electron chi connectivity index (χ3n) is 4.08. The number of rotatable bonds is 7. The van der Waals surface area contributed by atoms with Gasteiger partial charge in [-0.15, -0.1) is 24.0 Å². The molecule has 2 N–H and O–H groups in total. The molecule has 0 atom stereocenters. The lowest BCUT2D eigenvalue weighted by Gasteiger charge is -2.26. The van der Waals surface area contributed by atoms with Crippen molar-refractivity contribution in [1.82, 2.24) is 15.8 Å². The molecular formula is C20H31IN4O. The summed E-state index contributed by atoms with van der Waals surface area (Å²) in [5.41, 5.74) is 2.44. The molecule has 0 unspecified atom stereocenters. The van der Waals surface area contributed by atoms with E-state index in [1.807, 2.05) is 6.07 Å². The van der Waals surface area contributed by atoms with Gasteiger partial charge in [0.2, 0.25) is 0 Å². The van der Waals surface area contributed by atoms with Gasteiger partial charge in [0, 0.05) is 19.7 Å². The summed E-state index contributed by atoms with van der Waals surface area (Å²) < 4.78 is 5.35. The van der Waals surface area contributed by atoms with Crippen LogP contribution in [0.4, 0.5) is 0 Å². The van der Waals surface area contributed by atoms with Gasteiger partial charge < -0.3 is 15.2 Å². The first-order chi connectivity index (χ1) is 11.9. The molecule has 6 heteroatoms. The third-order valence-corrected chi connectivity index (χ3v) is 4.08. The van der Waals surface area contributed by atoms with Gasteiger partial charge in [0.25, 0.3) is 0 Å². The van der Waals surface area contributed by atoms with Crippen LogP contribution in [0.15, 0.2) is 45.9 Å². The van der Waals surface area contributed by atoms with E-state index in [1.165, 1.54) is 5.56 Å². The fraction of sp³-hybridized carbons (Fsp3) is 0.500. The molecule has 1 aromatic heterocycles. The van der Waals surface area contributed by atoms with Gasteiger partial charge >= 0.3 is 0 Å². The Bertz CT molecular complexity index is 680. The van der Waals surface area contributed by atoms with Crippen LogP contribution in [0.1, 0.15) is 50.6 Å². The van der Waals surface area contributed by atoms with E-state index in [0.717, 1.165) is 30.4 Å². The van der Waals surface area contributed by atoms with E-state index in [9.17, 15) is 0 Å². The molecule has 0 aliphatic rings. The van der Waals surface area contributed by atoms with Crippen LogP contribution in [0.25, 0.3) is 0 Å². The second kappa shape index (κ2) is 10.5. The summed E-state index contributed by atoms with van der Waals surface area (Å²) in [5.74, 6) is 1.95. The van der Waals surface area contributed by atoms with Gasteiger partial charge in [-0.1, -0.05) is 63.2 Å². The van der Waals surface area contributed by atoms with Gasteiger partial charge in [0.15, 0.2) is 11.7 Å². The molecule has 0 fully saturated rings. The zero-order valence-electron chi connectivity index (χ0n) is 16.4. The Hall–Kier alpha value is -1.57. The average molecular weight is 470 g/mol. The molecule has 0 radical (unpaired) electrons. The van der Waals surface area contributed by atoms with Crippen molar-refractivity contribution in [2.24, 2.45) is 10.4 Å². The number of hydrogen-bond donors (Lipinski definition) is 2. The number of benzene rings is 1. The highest BCUT2D eigenvalue weighted by Crippen LogP contribution is 2.20. The predicted molar refractivity (Wildman–Crippen MR) is 118 cm³/mol. The van der Waals surface area contributed by atoms with E-state index in [2.05, 4.69) is 78.8 Å². The smallest absolute Gasteiger partial charge is 0.191 e. The number of nitrogens with one attached hydrogen (secondary N) is 2. The van der Waals surface area contributed by atoms with Crippen LogP contribution in [-0.4, -0.2) is 24.7 Å². The van der Waals surface area contributed by atoms with Crippen LogP contribution in [0.5, 0.6) is 0 Å². The summed E-state index contributed by atoms with van der Waals surface area (Å²) in [6, 6.07) is 12.6. The lowest BCUT2D eigenvalue weighted by Crippen LogP contribution is -2.42. The van der Waals surface area contributed by atoms with Crippen molar-refractivity contribution in [2.75, 3.05) is 13.6 Å². The zero-order valence-corrected chi connectivity index (χ0v) is 18.7. The topological polar surface area (TPSA) is 62.5 Å². The minimum absolute atomic E-state index is 0. The molecule has 2 rings (SSSR count).